The third-order valence-electron chi connectivity index (χ3n) is 3.31. The molecule has 1 aliphatic rings. The second kappa shape index (κ2) is 5.42. The standard InChI is InChI=1S/C15H21NO2/c1-3-9-18-13-6-4-5-12(10-13)11-15(2)8-7-14(17)16-15/h4-6,10H,3,7-9,11H2,1-2H3,(H,16,17). The molecule has 1 saturated heterocycles. The molecule has 98 valence electrons. The summed E-state index contributed by atoms with van der Waals surface area (Å²) in [6.07, 6.45) is 3.43. The first-order valence-corrected chi connectivity index (χ1v) is 6.64. The van der Waals surface area contributed by atoms with Crippen LogP contribution in [0.25, 0.3) is 0 Å². The molecule has 0 radical (unpaired) electrons. The molecule has 3 heteroatoms. The molecule has 1 aliphatic heterocycles. The monoisotopic (exact) mass is 247 g/mol. The van der Waals surface area contributed by atoms with Crippen molar-refractivity contribution in [2.45, 2.75) is 45.1 Å². The third-order valence-corrected chi connectivity index (χ3v) is 3.31. The summed E-state index contributed by atoms with van der Waals surface area (Å²) >= 11 is 0. The van der Waals surface area contributed by atoms with E-state index in [0.717, 1.165) is 31.6 Å². The average Bonchev–Trinajstić information content (AvgIpc) is 2.67. The molecule has 3 nitrogen and oxygen atoms in total. The van der Waals surface area contributed by atoms with Crippen molar-refractivity contribution < 1.29 is 9.53 Å². The first-order chi connectivity index (χ1) is 8.61. The number of amides is 1. The molecule has 1 heterocycles. The van der Waals surface area contributed by atoms with Gasteiger partial charge >= 0.3 is 0 Å². The van der Waals surface area contributed by atoms with Crippen molar-refractivity contribution in [2.75, 3.05) is 6.61 Å². The predicted molar refractivity (Wildman–Crippen MR) is 71.7 cm³/mol. The average molecular weight is 247 g/mol. The van der Waals surface area contributed by atoms with E-state index >= 15 is 0 Å². The second-order valence-corrected chi connectivity index (χ2v) is 5.28. The number of hydrogen-bond acceptors (Lipinski definition) is 2. The van der Waals surface area contributed by atoms with Gasteiger partial charge in [0.15, 0.2) is 0 Å². The Bertz CT molecular complexity index is 430. The largest absolute Gasteiger partial charge is 0.494 e. The maximum absolute atomic E-state index is 11.3. The van der Waals surface area contributed by atoms with Crippen molar-refractivity contribution in [3.63, 3.8) is 0 Å². The lowest BCUT2D eigenvalue weighted by molar-refractivity contribution is -0.119. The van der Waals surface area contributed by atoms with E-state index in [2.05, 4.69) is 31.3 Å². The van der Waals surface area contributed by atoms with E-state index in [1.54, 1.807) is 0 Å². The number of nitrogens with one attached hydrogen (secondary N) is 1. The summed E-state index contributed by atoms with van der Waals surface area (Å²) in [6.45, 7) is 4.95. The van der Waals surface area contributed by atoms with E-state index in [0.29, 0.717) is 6.42 Å². The maximum atomic E-state index is 11.3. The normalized spacial score (nSPS) is 22.9. The van der Waals surface area contributed by atoms with E-state index in [1.165, 1.54) is 5.56 Å². The van der Waals surface area contributed by atoms with Crippen LogP contribution in [0.15, 0.2) is 24.3 Å². The van der Waals surface area contributed by atoms with Gasteiger partial charge in [-0.25, -0.2) is 0 Å². The van der Waals surface area contributed by atoms with Gasteiger partial charge in [0.1, 0.15) is 5.75 Å². The van der Waals surface area contributed by atoms with Crippen molar-refractivity contribution in [1.82, 2.24) is 5.32 Å². The van der Waals surface area contributed by atoms with Crippen molar-refractivity contribution in [1.29, 1.82) is 0 Å². The van der Waals surface area contributed by atoms with Gasteiger partial charge in [-0.1, -0.05) is 19.1 Å². The minimum absolute atomic E-state index is 0.0968. The molecule has 0 saturated carbocycles. The summed E-state index contributed by atoms with van der Waals surface area (Å²) in [7, 11) is 0. The Labute approximate surface area is 109 Å². The lowest BCUT2D eigenvalue weighted by Crippen LogP contribution is -2.40. The first-order valence-electron chi connectivity index (χ1n) is 6.64. The van der Waals surface area contributed by atoms with Crippen LogP contribution in [0, 0.1) is 0 Å². The van der Waals surface area contributed by atoms with Crippen molar-refractivity contribution in [3.8, 4) is 5.75 Å². The summed E-state index contributed by atoms with van der Waals surface area (Å²) in [5.41, 5.74) is 1.12. The van der Waals surface area contributed by atoms with E-state index in [-0.39, 0.29) is 11.4 Å². The van der Waals surface area contributed by atoms with Gasteiger partial charge in [-0.2, -0.15) is 0 Å². The Morgan fingerprint density at radius 3 is 2.94 bits per heavy atom. The van der Waals surface area contributed by atoms with Gasteiger partial charge in [0.05, 0.1) is 6.61 Å². The van der Waals surface area contributed by atoms with E-state index in [1.807, 2.05) is 12.1 Å². The highest BCUT2D eigenvalue weighted by atomic mass is 16.5. The smallest absolute Gasteiger partial charge is 0.220 e. The van der Waals surface area contributed by atoms with Crippen molar-refractivity contribution >= 4 is 5.91 Å². The van der Waals surface area contributed by atoms with Gasteiger partial charge in [-0.3, -0.25) is 4.79 Å². The van der Waals surface area contributed by atoms with Crippen LogP contribution in [-0.4, -0.2) is 18.1 Å². The van der Waals surface area contributed by atoms with Gasteiger partial charge in [-0.05, 0) is 43.9 Å². The van der Waals surface area contributed by atoms with Crippen LogP contribution in [0.3, 0.4) is 0 Å². The fourth-order valence-electron chi connectivity index (χ4n) is 2.40. The highest BCUT2D eigenvalue weighted by Crippen LogP contribution is 2.25. The molecule has 1 amide bonds. The predicted octanol–water partition coefficient (Wildman–Crippen LogP) is 2.69. The molecule has 1 aromatic carbocycles. The summed E-state index contributed by atoms with van der Waals surface area (Å²) in [5, 5.41) is 3.06. The molecule has 1 atom stereocenters. The lowest BCUT2D eigenvalue weighted by Gasteiger charge is -2.24. The topological polar surface area (TPSA) is 38.3 Å². The zero-order chi connectivity index (χ0) is 13.0. The summed E-state index contributed by atoms with van der Waals surface area (Å²) in [5.74, 6) is 1.08. The summed E-state index contributed by atoms with van der Waals surface area (Å²) < 4.78 is 5.63. The van der Waals surface area contributed by atoms with Crippen LogP contribution >= 0.6 is 0 Å². The van der Waals surface area contributed by atoms with Gasteiger partial charge in [0, 0.05) is 12.0 Å². The van der Waals surface area contributed by atoms with Crippen LogP contribution in [0.4, 0.5) is 0 Å². The van der Waals surface area contributed by atoms with Crippen LogP contribution in [-0.2, 0) is 11.2 Å². The molecule has 0 aliphatic carbocycles. The molecule has 1 N–H and O–H groups in total. The van der Waals surface area contributed by atoms with E-state index in [4.69, 9.17) is 4.74 Å². The molecule has 1 unspecified atom stereocenters. The first kappa shape index (κ1) is 12.9. The Hall–Kier alpha value is -1.51. The zero-order valence-electron chi connectivity index (χ0n) is 11.2. The molecule has 0 bridgehead atoms. The van der Waals surface area contributed by atoms with Gasteiger partial charge in [0.25, 0.3) is 0 Å². The quantitative estimate of drug-likeness (QED) is 0.868. The number of ether oxygens (including phenoxy) is 1. The fraction of sp³-hybridized carbons (Fsp3) is 0.533. The second-order valence-electron chi connectivity index (χ2n) is 5.28. The van der Waals surface area contributed by atoms with Crippen LogP contribution in [0.1, 0.15) is 38.7 Å². The van der Waals surface area contributed by atoms with Gasteiger partial charge in [0.2, 0.25) is 5.91 Å². The molecule has 1 fully saturated rings. The highest BCUT2D eigenvalue weighted by Gasteiger charge is 2.32. The van der Waals surface area contributed by atoms with Gasteiger partial charge < -0.3 is 10.1 Å². The van der Waals surface area contributed by atoms with Crippen molar-refractivity contribution in [2.24, 2.45) is 0 Å². The minimum Gasteiger partial charge on any atom is -0.494 e. The molecular formula is C15H21NO2. The fourth-order valence-corrected chi connectivity index (χ4v) is 2.40. The third kappa shape index (κ3) is 3.25. The number of benzene rings is 1. The maximum Gasteiger partial charge on any atom is 0.220 e. The van der Waals surface area contributed by atoms with Crippen LogP contribution < -0.4 is 10.1 Å². The Morgan fingerprint density at radius 1 is 1.44 bits per heavy atom. The number of carbonyl (C=O) groups excluding carboxylic acids is 1. The van der Waals surface area contributed by atoms with Crippen LogP contribution in [0.2, 0.25) is 0 Å². The Kier molecular flexibility index (Phi) is 3.90. The van der Waals surface area contributed by atoms with E-state index in [9.17, 15) is 4.79 Å². The Morgan fingerprint density at radius 2 is 2.28 bits per heavy atom. The summed E-state index contributed by atoms with van der Waals surface area (Å²) in [4.78, 5) is 11.3. The number of carbonyl (C=O) groups is 1. The summed E-state index contributed by atoms with van der Waals surface area (Å²) in [6, 6.07) is 8.16. The van der Waals surface area contributed by atoms with Crippen LogP contribution in [0.5, 0.6) is 5.75 Å². The number of rotatable bonds is 5. The highest BCUT2D eigenvalue weighted by molar-refractivity contribution is 5.79. The number of hydrogen-bond donors (Lipinski definition) is 1. The Balaban J connectivity index is 2.02. The van der Waals surface area contributed by atoms with E-state index < -0.39 is 0 Å². The molecule has 2 rings (SSSR count). The molecule has 1 aromatic rings. The minimum atomic E-state index is -0.0968. The SMILES string of the molecule is CCCOc1cccc(CC2(C)CCC(=O)N2)c1. The molecule has 0 spiro atoms. The molecule has 0 aromatic heterocycles. The zero-order valence-corrected chi connectivity index (χ0v) is 11.2. The molecular weight excluding hydrogens is 226 g/mol. The van der Waals surface area contributed by atoms with Gasteiger partial charge in [-0.15, -0.1) is 0 Å². The lowest BCUT2D eigenvalue weighted by atomic mass is 9.91. The molecule has 18 heavy (non-hydrogen) atoms. The van der Waals surface area contributed by atoms with Crippen molar-refractivity contribution in [3.05, 3.63) is 29.8 Å².